The Bertz CT molecular complexity index is 382. The number of methoxy groups -OCH3 is 1. The normalized spacial score (nSPS) is 24.9. The fraction of sp³-hybridized carbons (Fsp3) is 0.222. The van der Waals surface area contributed by atoms with Gasteiger partial charge in [-0.25, -0.2) is 4.99 Å². The van der Waals surface area contributed by atoms with Crippen LogP contribution >= 0.6 is 23.2 Å². The number of allylic oxidation sites excluding steroid dienone is 2. The number of nitrogens with zero attached hydrogens (tertiary/aromatic N) is 1. The summed E-state index contributed by atoms with van der Waals surface area (Å²) in [6.45, 7) is 0. The second kappa shape index (κ2) is 3.67. The SMILES string of the molecule is COC1=CC=CC2=C(Cl)N=C(Cl)NC12. The number of fused-ring (bicyclic) bond motifs is 1. The zero-order valence-electron chi connectivity index (χ0n) is 7.42. The minimum atomic E-state index is -0.123. The molecule has 0 saturated heterocycles. The van der Waals surface area contributed by atoms with Crippen molar-refractivity contribution in [2.75, 3.05) is 7.11 Å². The van der Waals surface area contributed by atoms with Gasteiger partial charge in [0, 0.05) is 5.57 Å². The predicted molar refractivity (Wildman–Crippen MR) is 57.3 cm³/mol. The second-order valence-electron chi connectivity index (χ2n) is 2.86. The molecule has 5 heteroatoms. The smallest absolute Gasteiger partial charge is 0.198 e. The Labute approximate surface area is 91.7 Å². The monoisotopic (exact) mass is 230 g/mol. The van der Waals surface area contributed by atoms with Crippen molar-refractivity contribution in [2.24, 2.45) is 4.99 Å². The lowest BCUT2D eigenvalue weighted by Crippen LogP contribution is -2.39. The fourth-order valence-corrected chi connectivity index (χ4v) is 1.91. The first-order chi connectivity index (χ1) is 6.72. The van der Waals surface area contributed by atoms with Crippen LogP contribution in [0.4, 0.5) is 0 Å². The Balaban J connectivity index is 2.42. The quantitative estimate of drug-likeness (QED) is 0.701. The molecule has 1 N–H and O–H groups in total. The predicted octanol–water partition coefficient (Wildman–Crippen LogP) is 2.10. The molecular formula is C9H8Cl2N2O. The summed E-state index contributed by atoms with van der Waals surface area (Å²) >= 11 is 11.7. The molecule has 1 atom stereocenters. The topological polar surface area (TPSA) is 33.6 Å². The maximum Gasteiger partial charge on any atom is 0.198 e. The summed E-state index contributed by atoms with van der Waals surface area (Å²) in [7, 11) is 1.61. The van der Waals surface area contributed by atoms with E-state index in [-0.39, 0.29) is 11.3 Å². The van der Waals surface area contributed by atoms with Crippen LogP contribution in [0.2, 0.25) is 0 Å². The lowest BCUT2D eigenvalue weighted by Gasteiger charge is -2.27. The molecule has 0 radical (unpaired) electrons. The van der Waals surface area contributed by atoms with E-state index in [0.717, 1.165) is 11.3 Å². The molecule has 0 aromatic carbocycles. The highest BCUT2D eigenvalue weighted by Gasteiger charge is 2.27. The van der Waals surface area contributed by atoms with Gasteiger partial charge in [0.1, 0.15) is 17.0 Å². The Morgan fingerprint density at radius 2 is 2.29 bits per heavy atom. The van der Waals surface area contributed by atoms with Crippen molar-refractivity contribution < 1.29 is 4.74 Å². The molecule has 0 saturated carbocycles. The minimum absolute atomic E-state index is 0.123. The Hall–Kier alpha value is -0.930. The number of rotatable bonds is 1. The average molecular weight is 231 g/mol. The van der Waals surface area contributed by atoms with Crippen molar-refractivity contribution >= 4 is 28.5 Å². The summed E-state index contributed by atoms with van der Waals surface area (Å²) < 4.78 is 5.20. The number of halogens is 2. The van der Waals surface area contributed by atoms with Crippen molar-refractivity contribution in [3.63, 3.8) is 0 Å². The van der Waals surface area contributed by atoms with Crippen LogP contribution in [0.15, 0.2) is 39.7 Å². The van der Waals surface area contributed by atoms with E-state index in [4.69, 9.17) is 27.9 Å². The highest BCUT2D eigenvalue weighted by Crippen LogP contribution is 2.28. The Morgan fingerprint density at radius 1 is 1.50 bits per heavy atom. The van der Waals surface area contributed by atoms with E-state index in [1.54, 1.807) is 7.11 Å². The maximum absolute atomic E-state index is 5.94. The third-order valence-electron chi connectivity index (χ3n) is 2.07. The van der Waals surface area contributed by atoms with Crippen molar-refractivity contribution in [3.05, 3.63) is 34.7 Å². The molecule has 0 bridgehead atoms. The molecule has 14 heavy (non-hydrogen) atoms. The van der Waals surface area contributed by atoms with Crippen LogP contribution in [0.1, 0.15) is 0 Å². The average Bonchev–Trinajstić information content (AvgIpc) is 2.17. The molecule has 2 aliphatic rings. The van der Waals surface area contributed by atoms with Gasteiger partial charge in [0.05, 0.1) is 7.11 Å². The van der Waals surface area contributed by atoms with Gasteiger partial charge >= 0.3 is 0 Å². The van der Waals surface area contributed by atoms with Crippen molar-refractivity contribution in [2.45, 2.75) is 6.04 Å². The molecule has 2 rings (SSSR count). The van der Waals surface area contributed by atoms with Crippen LogP contribution < -0.4 is 5.32 Å². The largest absolute Gasteiger partial charge is 0.499 e. The highest BCUT2D eigenvalue weighted by atomic mass is 35.5. The van der Waals surface area contributed by atoms with Gasteiger partial charge in [-0.2, -0.15) is 0 Å². The summed E-state index contributed by atoms with van der Waals surface area (Å²) in [5.41, 5.74) is 0.871. The molecule has 0 aromatic rings. The zero-order valence-corrected chi connectivity index (χ0v) is 8.93. The molecule has 0 spiro atoms. The first kappa shape index (κ1) is 9.62. The van der Waals surface area contributed by atoms with E-state index in [1.165, 1.54) is 0 Å². The van der Waals surface area contributed by atoms with E-state index < -0.39 is 0 Å². The van der Waals surface area contributed by atoms with Gasteiger partial charge in [-0.05, 0) is 17.7 Å². The van der Waals surface area contributed by atoms with Gasteiger partial charge in [-0.3, -0.25) is 0 Å². The number of hydrogen-bond acceptors (Lipinski definition) is 3. The summed E-state index contributed by atoms with van der Waals surface area (Å²) in [6.07, 6.45) is 5.61. The number of hydrogen-bond donors (Lipinski definition) is 1. The number of nitrogens with one attached hydrogen (secondary N) is 1. The van der Waals surface area contributed by atoms with Crippen LogP contribution in [-0.4, -0.2) is 18.4 Å². The molecule has 1 aliphatic heterocycles. The van der Waals surface area contributed by atoms with Crippen LogP contribution in [-0.2, 0) is 4.74 Å². The van der Waals surface area contributed by atoms with Crippen LogP contribution in [0.5, 0.6) is 0 Å². The lowest BCUT2D eigenvalue weighted by molar-refractivity contribution is 0.266. The van der Waals surface area contributed by atoms with Crippen LogP contribution in [0.3, 0.4) is 0 Å². The number of ether oxygens (including phenoxy) is 1. The fourth-order valence-electron chi connectivity index (χ4n) is 1.42. The minimum Gasteiger partial charge on any atom is -0.499 e. The van der Waals surface area contributed by atoms with E-state index >= 15 is 0 Å². The van der Waals surface area contributed by atoms with Crippen LogP contribution in [0.25, 0.3) is 0 Å². The number of amidine groups is 1. The summed E-state index contributed by atoms with van der Waals surface area (Å²) in [6, 6.07) is -0.123. The molecular weight excluding hydrogens is 223 g/mol. The third kappa shape index (κ3) is 1.53. The molecule has 1 unspecified atom stereocenters. The summed E-state index contributed by atoms with van der Waals surface area (Å²) in [4.78, 5) is 3.92. The first-order valence-corrected chi connectivity index (χ1v) is 4.80. The van der Waals surface area contributed by atoms with E-state index in [2.05, 4.69) is 10.3 Å². The summed E-state index contributed by atoms with van der Waals surface area (Å²) in [5, 5.41) is 3.66. The van der Waals surface area contributed by atoms with Gasteiger partial charge in [-0.15, -0.1) is 0 Å². The molecule has 0 fully saturated rings. The number of aliphatic imine (C=N–C) groups is 1. The Morgan fingerprint density at radius 3 is 3.00 bits per heavy atom. The summed E-state index contributed by atoms with van der Waals surface area (Å²) in [5.74, 6) is 0.772. The van der Waals surface area contributed by atoms with Crippen LogP contribution in [0, 0.1) is 0 Å². The zero-order chi connectivity index (χ0) is 10.1. The maximum atomic E-state index is 5.94. The molecule has 3 nitrogen and oxygen atoms in total. The van der Waals surface area contributed by atoms with Crippen molar-refractivity contribution in [3.8, 4) is 0 Å². The van der Waals surface area contributed by atoms with Crippen molar-refractivity contribution in [1.29, 1.82) is 0 Å². The first-order valence-electron chi connectivity index (χ1n) is 4.05. The van der Waals surface area contributed by atoms with Gasteiger partial charge < -0.3 is 10.1 Å². The van der Waals surface area contributed by atoms with Gasteiger partial charge in [0.25, 0.3) is 0 Å². The van der Waals surface area contributed by atoms with Gasteiger partial charge in [0.2, 0.25) is 0 Å². The third-order valence-corrected chi connectivity index (χ3v) is 2.56. The molecule has 0 amide bonds. The Kier molecular flexibility index (Phi) is 2.52. The van der Waals surface area contributed by atoms with Gasteiger partial charge in [-0.1, -0.05) is 23.8 Å². The molecule has 74 valence electrons. The lowest BCUT2D eigenvalue weighted by atomic mass is 10.0. The van der Waals surface area contributed by atoms with E-state index in [1.807, 2.05) is 18.2 Å². The molecule has 0 aromatic heterocycles. The highest BCUT2D eigenvalue weighted by molar-refractivity contribution is 6.65. The molecule has 1 aliphatic carbocycles. The van der Waals surface area contributed by atoms with E-state index in [0.29, 0.717) is 5.16 Å². The molecule has 1 heterocycles. The van der Waals surface area contributed by atoms with Crippen molar-refractivity contribution in [1.82, 2.24) is 5.32 Å². The standard InChI is InChI=1S/C9H8Cl2N2O/c1-14-6-4-2-3-5-7(6)12-9(11)13-8(5)10/h2-4,7H,1H3,(H,12,13). The van der Waals surface area contributed by atoms with E-state index in [9.17, 15) is 0 Å². The van der Waals surface area contributed by atoms with Gasteiger partial charge in [0.15, 0.2) is 5.29 Å². The second-order valence-corrected chi connectivity index (χ2v) is 3.57.